The van der Waals surface area contributed by atoms with E-state index < -0.39 is 5.97 Å². The fourth-order valence-corrected chi connectivity index (χ4v) is 2.32. The van der Waals surface area contributed by atoms with Crippen LogP contribution in [0.2, 0.25) is 0 Å². The monoisotopic (exact) mass is 290 g/mol. The maximum absolute atomic E-state index is 12.3. The zero-order chi connectivity index (χ0) is 15.0. The van der Waals surface area contributed by atoms with Gasteiger partial charge in [0.1, 0.15) is 5.75 Å². The van der Waals surface area contributed by atoms with Gasteiger partial charge in [-0.2, -0.15) is 0 Å². The summed E-state index contributed by atoms with van der Waals surface area (Å²) in [5, 5.41) is 21.3. The summed E-state index contributed by atoms with van der Waals surface area (Å²) < 4.78 is 0. The van der Waals surface area contributed by atoms with Crippen molar-refractivity contribution in [1.82, 2.24) is 4.90 Å². The Morgan fingerprint density at radius 1 is 1.24 bits per heavy atom. The first-order valence-electron chi connectivity index (χ1n) is 7.18. The van der Waals surface area contributed by atoms with Gasteiger partial charge in [0.25, 0.3) is 0 Å². The quantitative estimate of drug-likeness (QED) is 0.727. The minimum absolute atomic E-state index is 0.0115. The van der Waals surface area contributed by atoms with E-state index in [0.29, 0.717) is 12.0 Å². The number of phenolic OH excluding ortho intramolecular Hbond substituents is 1. The molecule has 0 spiro atoms. The SMILES string of the molecule is O=C(O)c1ccc(NC(=O)N(CC2CC2)C2CC2)c(O)c1. The number of rotatable bonds is 5. The maximum atomic E-state index is 12.3. The average Bonchev–Trinajstić information content (AvgIpc) is 3.31. The molecule has 112 valence electrons. The Bertz CT molecular complexity index is 579. The van der Waals surface area contributed by atoms with Crippen LogP contribution in [-0.2, 0) is 0 Å². The summed E-state index contributed by atoms with van der Waals surface area (Å²) >= 11 is 0. The van der Waals surface area contributed by atoms with Crippen molar-refractivity contribution in [3.8, 4) is 5.75 Å². The molecule has 21 heavy (non-hydrogen) atoms. The van der Waals surface area contributed by atoms with E-state index in [4.69, 9.17) is 5.11 Å². The van der Waals surface area contributed by atoms with Crippen molar-refractivity contribution in [2.24, 2.45) is 5.92 Å². The van der Waals surface area contributed by atoms with Crippen LogP contribution in [0, 0.1) is 5.92 Å². The third kappa shape index (κ3) is 3.26. The first kappa shape index (κ1) is 13.7. The summed E-state index contributed by atoms with van der Waals surface area (Å²) in [6.45, 7) is 0.768. The fourth-order valence-electron chi connectivity index (χ4n) is 2.32. The van der Waals surface area contributed by atoms with Gasteiger partial charge in [-0.05, 0) is 49.8 Å². The van der Waals surface area contributed by atoms with Crippen LogP contribution in [0.25, 0.3) is 0 Å². The molecule has 0 atom stereocenters. The number of aromatic carboxylic acids is 1. The Labute approximate surface area is 122 Å². The van der Waals surface area contributed by atoms with Gasteiger partial charge in [0.15, 0.2) is 0 Å². The standard InChI is InChI=1S/C15H18N2O4/c18-13-7-10(14(19)20)3-6-12(13)16-15(21)17(11-4-5-11)8-9-1-2-9/h3,6-7,9,11,18H,1-2,4-5,8H2,(H,16,21)(H,19,20). The zero-order valence-corrected chi connectivity index (χ0v) is 11.6. The van der Waals surface area contributed by atoms with Gasteiger partial charge >= 0.3 is 12.0 Å². The van der Waals surface area contributed by atoms with Crippen LogP contribution in [0.5, 0.6) is 5.75 Å². The Hall–Kier alpha value is -2.24. The predicted molar refractivity (Wildman–Crippen MR) is 76.5 cm³/mol. The molecule has 1 aromatic carbocycles. The second-order valence-corrected chi connectivity index (χ2v) is 5.79. The number of nitrogens with one attached hydrogen (secondary N) is 1. The normalized spacial score (nSPS) is 17.3. The van der Waals surface area contributed by atoms with E-state index in [1.54, 1.807) is 0 Å². The molecule has 2 saturated carbocycles. The van der Waals surface area contributed by atoms with Crippen molar-refractivity contribution in [1.29, 1.82) is 0 Å². The molecular formula is C15H18N2O4. The highest BCUT2D eigenvalue weighted by atomic mass is 16.4. The second kappa shape index (κ2) is 5.27. The molecule has 2 aliphatic carbocycles. The Kier molecular flexibility index (Phi) is 3.45. The summed E-state index contributed by atoms with van der Waals surface area (Å²) in [4.78, 5) is 25.0. The predicted octanol–water partition coefficient (Wildman–Crippen LogP) is 2.50. The zero-order valence-electron chi connectivity index (χ0n) is 11.6. The average molecular weight is 290 g/mol. The van der Waals surface area contributed by atoms with Crippen molar-refractivity contribution in [2.75, 3.05) is 11.9 Å². The number of urea groups is 1. The van der Waals surface area contributed by atoms with Crippen LogP contribution in [0.15, 0.2) is 18.2 Å². The molecule has 0 aromatic heterocycles. The molecule has 1 aromatic rings. The number of hydrogen-bond acceptors (Lipinski definition) is 3. The van der Waals surface area contributed by atoms with Crippen molar-refractivity contribution in [3.63, 3.8) is 0 Å². The number of carbonyl (C=O) groups excluding carboxylic acids is 1. The smallest absolute Gasteiger partial charge is 0.335 e. The minimum atomic E-state index is -1.11. The highest BCUT2D eigenvalue weighted by molar-refractivity contribution is 5.93. The number of amides is 2. The van der Waals surface area contributed by atoms with Crippen LogP contribution >= 0.6 is 0 Å². The van der Waals surface area contributed by atoms with E-state index in [0.717, 1.165) is 25.5 Å². The molecule has 0 aliphatic heterocycles. The lowest BCUT2D eigenvalue weighted by Gasteiger charge is -2.23. The fraction of sp³-hybridized carbons (Fsp3) is 0.467. The topological polar surface area (TPSA) is 89.9 Å². The number of hydrogen-bond donors (Lipinski definition) is 3. The third-order valence-electron chi connectivity index (χ3n) is 3.89. The minimum Gasteiger partial charge on any atom is -0.506 e. The van der Waals surface area contributed by atoms with E-state index >= 15 is 0 Å². The van der Waals surface area contributed by atoms with Gasteiger partial charge in [-0.15, -0.1) is 0 Å². The van der Waals surface area contributed by atoms with E-state index in [1.807, 2.05) is 4.90 Å². The number of carboxylic acids is 1. The van der Waals surface area contributed by atoms with Crippen LogP contribution in [0.4, 0.5) is 10.5 Å². The van der Waals surface area contributed by atoms with E-state index in [-0.39, 0.29) is 23.0 Å². The molecule has 6 heteroatoms. The van der Waals surface area contributed by atoms with Crippen molar-refractivity contribution in [3.05, 3.63) is 23.8 Å². The molecule has 3 rings (SSSR count). The maximum Gasteiger partial charge on any atom is 0.335 e. The van der Waals surface area contributed by atoms with Gasteiger partial charge in [0, 0.05) is 12.6 Å². The van der Waals surface area contributed by atoms with Crippen LogP contribution in [0.1, 0.15) is 36.0 Å². The first-order chi connectivity index (χ1) is 10.0. The van der Waals surface area contributed by atoms with Crippen LogP contribution in [-0.4, -0.2) is 39.7 Å². The molecule has 2 amide bonds. The van der Waals surface area contributed by atoms with Gasteiger partial charge in [-0.1, -0.05) is 0 Å². The lowest BCUT2D eigenvalue weighted by atomic mass is 10.2. The molecule has 3 N–H and O–H groups in total. The number of nitrogens with zero attached hydrogens (tertiary/aromatic N) is 1. The highest BCUT2D eigenvalue weighted by Gasteiger charge is 2.36. The molecule has 6 nitrogen and oxygen atoms in total. The van der Waals surface area contributed by atoms with Crippen LogP contribution in [0.3, 0.4) is 0 Å². The number of carboxylic acid groups (broad SMARTS) is 1. The molecule has 2 fully saturated rings. The molecule has 0 saturated heterocycles. The Morgan fingerprint density at radius 3 is 2.48 bits per heavy atom. The van der Waals surface area contributed by atoms with Crippen molar-refractivity contribution < 1.29 is 19.8 Å². The number of benzene rings is 1. The first-order valence-corrected chi connectivity index (χ1v) is 7.18. The van der Waals surface area contributed by atoms with E-state index in [9.17, 15) is 14.7 Å². The number of phenols is 1. The summed E-state index contributed by atoms with van der Waals surface area (Å²) in [6.07, 6.45) is 4.41. The second-order valence-electron chi connectivity index (χ2n) is 5.79. The molecular weight excluding hydrogens is 272 g/mol. The van der Waals surface area contributed by atoms with Crippen LogP contribution < -0.4 is 5.32 Å². The lowest BCUT2D eigenvalue weighted by molar-refractivity contribution is 0.0696. The Morgan fingerprint density at radius 2 is 1.95 bits per heavy atom. The van der Waals surface area contributed by atoms with Gasteiger partial charge in [0.2, 0.25) is 0 Å². The summed E-state index contributed by atoms with van der Waals surface area (Å²) in [6, 6.07) is 4.01. The number of aromatic hydroxyl groups is 1. The number of carbonyl (C=O) groups is 2. The molecule has 0 heterocycles. The van der Waals surface area contributed by atoms with Gasteiger partial charge < -0.3 is 20.4 Å². The summed E-state index contributed by atoms with van der Waals surface area (Å²) in [7, 11) is 0. The lowest BCUT2D eigenvalue weighted by Crippen LogP contribution is -2.38. The molecule has 0 radical (unpaired) electrons. The molecule has 0 unspecified atom stereocenters. The highest BCUT2D eigenvalue weighted by Crippen LogP contribution is 2.35. The van der Waals surface area contributed by atoms with Gasteiger partial charge in [-0.25, -0.2) is 9.59 Å². The Balaban J connectivity index is 1.69. The largest absolute Gasteiger partial charge is 0.506 e. The third-order valence-corrected chi connectivity index (χ3v) is 3.89. The number of anilines is 1. The van der Waals surface area contributed by atoms with E-state index in [2.05, 4.69) is 5.32 Å². The van der Waals surface area contributed by atoms with Crippen molar-refractivity contribution >= 4 is 17.7 Å². The van der Waals surface area contributed by atoms with Gasteiger partial charge in [0.05, 0.1) is 11.3 Å². The van der Waals surface area contributed by atoms with E-state index in [1.165, 1.54) is 25.0 Å². The molecule has 2 aliphatic rings. The molecule has 0 bridgehead atoms. The summed E-state index contributed by atoms with van der Waals surface area (Å²) in [5.74, 6) is -0.735. The van der Waals surface area contributed by atoms with Crippen molar-refractivity contribution in [2.45, 2.75) is 31.7 Å². The van der Waals surface area contributed by atoms with Gasteiger partial charge in [-0.3, -0.25) is 0 Å². The summed E-state index contributed by atoms with van der Waals surface area (Å²) in [5.41, 5.74) is 0.231.